The number of nitrogens with two attached hydrogens (primary N) is 1. The van der Waals surface area contributed by atoms with E-state index >= 15 is 0 Å². The van der Waals surface area contributed by atoms with Crippen molar-refractivity contribution in [1.29, 1.82) is 0 Å². The molecule has 2 aromatic carbocycles. The number of amides is 1. The van der Waals surface area contributed by atoms with Gasteiger partial charge in [0.15, 0.2) is 0 Å². The molecule has 0 fully saturated rings. The number of carbonyl (C=O) groups is 1. The van der Waals surface area contributed by atoms with Crippen LogP contribution in [0.5, 0.6) is 0 Å². The molecule has 0 saturated heterocycles. The first kappa shape index (κ1) is 15.6. The Morgan fingerprint density at radius 2 is 1.86 bits per heavy atom. The summed E-state index contributed by atoms with van der Waals surface area (Å²) in [5.74, 6) is -0.643. The van der Waals surface area contributed by atoms with Gasteiger partial charge in [-0.2, -0.15) is 0 Å². The molecule has 0 radical (unpaired) electrons. The second kappa shape index (κ2) is 6.33. The van der Waals surface area contributed by atoms with Gasteiger partial charge in [0.1, 0.15) is 5.82 Å². The molecule has 21 heavy (non-hydrogen) atoms. The second-order valence-corrected chi connectivity index (χ2v) is 5.17. The molecule has 2 aromatic rings. The Bertz CT molecular complexity index is 651. The first-order chi connectivity index (χ1) is 9.93. The molecule has 0 aliphatic heterocycles. The van der Waals surface area contributed by atoms with E-state index in [9.17, 15) is 9.18 Å². The molecule has 1 amide bonds. The standard InChI is InChI=1S/C15H13Cl2FN2O/c1-2-20(11-5-3-10(18)4-6-11)15(21)9-7-12(16)14(17)13(19)8-9/h3-8H,2,19H2,1H3. The Morgan fingerprint density at radius 1 is 1.24 bits per heavy atom. The number of rotatable bonds is 3. The van der Waals surface area contributed by atoms with Gasteiger partial charge in [-0.15, -0.1) is 0 Å². The summed E-state index contributed by atoms with van der Waals surface area (Å²) in [6.07, 6.45) is 0. The number of hydrogen-bond acceptors (Lipinski definition) is 2. The van der Waals surface area contributed by atoms with Gasteiger partial charge in [0.2, 0.25) is 0 Å². The molecule has 0 atom stereocenters. The average molecular weight is 327 g/mol. The van der Waals surface area contributed by atoms with Gasteiger partial charge in [0, 0.05) is 17.8 Å². The van der Waals surface area contributed by atoms with Gasteiger partial charge in [-0.25, -0.2) is 4.39 Å². The largest absolute Gasteiger partial charge is 0.397 e. The normalized spacial score (nSPS) is 10.5. The predicted molar refractivity (Wildman–Crippen MR) is 84.6 cm³/mol. The van der Waals surface area contributed by atoms with Crippen LogP contribution < -0.4 is 10.6 Å². The van der Waals surface area contributed by atoms with E-state index in [4.69, 9.17) is 28.9 Å². The van der Waals surface area contributed by atoms with Crippen LogP contribution in [0.4, 0.5) is 15.8 Å². The van der Waals surface area contributed by atoms with Crippen molar-refractivity contribution in [2.24, 2.45) is 0 Å². The topological polar surface area (TPSA) is 46.3 Å². The van der Waals surface area contributed by atoms with E-state index in [1.54, 1.807) is 0 Å². The summed E-state index contributed by atoms with van der Waals surface area (Å²) in [5, 5.41) is 0.438. The van der Waals surface area contributed by atoms with Gasteiger partial charge in [0.05, 0.1) is 15.7 Å². The lowest BCUT2D eigenvalue weighted by atomic mass is 10.1. The van der Waals surface area contributed by atoms with Crippen molar-refractivity contribution in [2.75, 3.05) is 17.2 Å². The van der Waals surface area contributed by atoms with Crippen LogP contribution in [0.3, 0.4) is 0 Å². The third-order valence-corrected chi connectivity index (χ3v) is 3.82. The van der Waals surface area contributed by atoms with Crippen molar-refractivity contribution in [1.82, 2.24) is 0 Å². The molecule has 2 rings (SSSR count). The lowest BCUT2D eigenvalue weighted by Crippen LogP contribution is -2.30. The number of carbonyl (C=O) groups excluding carboxylic acids is 1. The minimum atomic E-state index is -0.360. The van der Waals surface area contributed by atoms with Gasteiger partial charge < -0.3 is 10.6 Å². The van der Waals surface area contributed by atoms with Crippen molar-refractivity contribution in [2.45, 2.75) is 6.92 Å². The number of hydrogen-bond donors (Lipinski definition) is 1. The molecule has 3 nitrogen and oxygen atoms in total. The summed E-state index contributed by atoms with van der Waals surface area (Å²) in [6.45, 7) is 2.24. The van der Waals surface area contributed by atoms with E-state index in [1.165, 1.54) is 41.3 Å². The van der Waals surface area contributed by atoms with E-state index in [0.717, 1.165) is 0 Å². The molecule has 0 aliphatic rings. The zero-order valence-corrected chi connectivity index (χ0v) is 12.7. The van der Waals surface area contributed by atoms with E-state index in [2.05, 4.69) is 0 Å². The highest BCUT2D eigenvalue weighted by molar-refractivity contribution is 6.44. The summed E-state index contributed by atoms with van der Waals surface area (Å²) < 4.78 is 13.0. The Balaban J connectivity index is 2.39. The second-order valence-electron chi connectivity index (χ2n) is 4.39. The SMILES string of the molecule is CCN(C(=O)c1cc(N)c(Cl)c(Cl)c1)c1ccc(F)cc1. The zero-order valence-electron chi connectivity index (χ0n) is 11.2. The summed E-state index contributed by atoms with van der Waals surface area (Å²) in [4.78, 5) is 14.1. The molecule has 110 valence electrons. The first-order valence-electron chi connectivity index (χ1n) is 6.26. The monoisotopic (exact) mass is 326 g/mol. The minimum absolute atomic E-state index is 0.218. The van der Waals surface area contributed by atoms with Crippen LogP contribution in [-0.2, 0) is 0 Å². The lowest BCUT2D eigenvalue weighted by Gasteiger charge is -2.21. The van der Waals surface area contributed by atoms with Gasteiger partial charge in [-0.3, -0.25) is 4.79 Å². The summed E-state index contributed by atoms with van der Waals surface area (Å²) in [7, 11) is 0. The maximum absolute atomic E-state index is 13.0. The van der Waals surface area contributed by atoms with Crippen molar-refractivity contribution >= 4 is 40.5 Å². The van der Waals surface area contributed by atoms with Crippen LogP contribution in [0.2, 0.25) is 10.0 Å². The van der Waals surface area contributed by atoms with E-state index in [0.29, 0.717) is 17.8 Å². The van der Waals surface area contributed by atoms with Crippen molar-refractivity contribution in [3.8, 4) is 0 Å². The molecule has 0 heterocycles. The maximum atomic E-state index is 13.0. The smallest absolute Gasteiger partial charge is 0.258 e. The molecule has 0 saturated carbocycles. The summed E-state index contributed by atoms with van der Waals surface area (Å²) >= 11 is 11.8. The van der Waals surface area contributed by atoms with E-state index in [-0.39, 0.29) is 27.5 Å². The average Bonchev–Trinajstić information content (AvgIpc) is 2.46. The number of anilines is 2. The number of benzene rings is 2. The molecular weight excluding hydrogens is 314 g/mol. The highest BCUT2D eigenvalue weighted by Crippen LogP contribution is 2.30. The Hall–Kier alpha value is -1.78. The zero-order chi connectivity index (χ0) is 15.6. The molecule has 2 N–H and O–H groups in total. The Morgan fingerprint density at radius 3 is 2.38 bits per heavy atom. The summed E-state index contributed by atoms with van der Waals surface area (Å²) in [6, 6.07) is 8.62. The predicted octanol–water partition coefficient (Wildman–Crippen LogP) is 4.38. The number of halogens is 3. The number of nitrogens with zero attached hydrogens (tertiary/aromatic N) is 1. The fourth-order valence-electron chi connectivity index (χ4n) is 1.95. The first-order valence-corrected chi connectivity index (χ1v) is 7.01. The van der Waals surface area contributed by atoms with Gasteiger partial charge in [-0.05, 0) is 43.3 Å². The van der Waals surface area contributed by atoms with Gasteiger partial charge in [-0.1, -0.05) is 23.2 Å². The van der Waals surface area contributed by atoms with Crippen LogP contribution in [0.15, 0.2) is 36.4 Å². The van der Waals surface area contributed by atoms with Crippen molar-refractivity contribution < 1.29 is 9.18 Å². The fraction of sp³-hybridized carbons (Fsp3) is 0.133. The minimum Gasteiger partial charge on any atom is -0.397 e. The molecular formula is C15H13Cl2FN2O. The van der Waals surface area contributed by atoms with Crippen LogP contribution in [0, 0.1) is 5.82 Å². The highest BCUT2D eigenvalue weighted by atomic mass is 35.5. The van der Waals surface area contributed by atoms with Crippen LogP contribution in [-0.4, -0.2) is 12.5 Å². The van der Waals surface area contributed by atoms with E-state index in [1.807, 2.05) is 6.92 Å². The fourth-order valence-corrected chi connectivity index (χ4v) is 2.29. The molecule has 0 aliphatic carbocycles. The quantitative estimate of drug-likeness (QED) is 0.850. The van der Waals surface area contributed by atoms with E-state index < -0.39 is 0 Å². The third-order valence-electron chi connectivity index (χ3n) is 3.00. The van der Waals surface area contributed by atoms with Crippen LogP contribution in [0.25, 0.3) is 0 Å². The lowest BCUT2D eigenvalue weighted by molar-refractivity contribution is 0.0988. The van der Waals surface area contributed by atoms with Crippen LogP contribution >= 0.6 is 23.2 Å². The van der Waals surface area contributed by atoms with Crippen molar-refractivity contribution in [3.05, 3.63) is 57.8 Å². The van der Waals surface area contributed by atoms with Crippen LogP contribution in [0.1, 0.15) is 17.3 Å². The third kappa shape index (κ3) is 3.28. The maximum Gasteiger partial charge on any atom is 0.258 e. The van der Waals surface area contributed by atoms with Crippen molar-refractivity contribution in [3.63, 3.8) is 0 Å². The molecule has 6 heteroatoms. The highest BCUT2D eigenvalue weighted by Gasteiger charge is 2.18. The molecule has 0 aromatic heterocycles. The van der Waals surface area contributed by atoms with Gasteiger partial charge in [0.25, 0.3) is 5.91 Å². The molecule has 0 unspecified atom stereocenters. The Kier molecular flexibility index (Phi) is 4.70. The number of nitrogen functional groups attached to an aromatic ring is 1. The Labute approximate surface area is 132 Å². The molecule has 0 bridgehead atoms. The molecule has 0 spiro atoms. The van der Waals surface area contributed by atoms with Gasteiger partial charge >= 0.3 is 0 Å². The summed E-state index contributed by atoms with van der Waals surface area (Å²) in [5.41, 5.74) is 6.88.